The minimum absolute atomic E-state index is 0.163. The second kappa shape index (κ2) is 9.97. The quantitative estimate of drug-likeness (QED) is 0.658. The van der Waals surface area contributed by atoms with E-state index in [1.165, 1.54) is 0 Å². The van der Waals surface area contributed by atoms with Gasteiger partial charge in [0.05, 0.1) is 12.1 Å². The van der Waals surface area contributed by atoms with Crippen molar-refractivity contribution in [3.63, 3.8) is 0 Å². The van der Waals surface area contributed by atoms with Crippen LogP contribution in [0.5, 0.6) is 0 Å². The van der Waals surface area contributed by atoms with E-state index in [0.29, 0.717) is 24.6 Å². The van der Waals surface area contributed by atoms with E-state index in [9.17, 15) is 9.90 Å². The second-order valence-corrected chi connectivity index (χ2v) is 6.42. The largest absolute Gasteiger partial charge is 0.390 e. The first-order chi connectivity index (χ1) is 12.1. The molecule has 0 aliphatic rings. The third-order valence-electron chi connectivity index (χ3n) is 4.40. The van der Waals surface area contributed by atoms with E-state index in [0.717, 1.165) is 12.0 Å². The maximum atomic E-state index is 12.5. The number of carbonyl (C=O) groups is 1. The molecule has 3 N–H and O–H groups in total. The molecule has 0 saturated carbocycles. The van der Waals surface area contributed by atoms with Gasteiger partial charge in [0.2, 0.25) is 0 Å². The van der Waals surface area contributed by atoms with Crippen LogP contribution in [0.15, 0.2) is 60.7 Å². The molecule has 0 aliphatic carbocycles. The third kappa shape index (κ3) is 6.33. The maximum absolute atomic E-state index is 12.5. The highest BCUT2D eigenvalue weighted by molar-refractivity contribution is 5.94. The molecule has 1 amide bonds. The van der Waals surface area contributed by atoms with Crippen molar-refractivity contribution in [2.75, 3.05) is 6.54 Å². The number of amides is 1. The van der Waals surface area contributed by atoms with Crippen LogP contribution in [0.4, 0.5) is 0 Å². The number of carbonyl (C=O) groups excluding carboxylic acids is 1. The molecule has 0 aliphatic heterocycles. The minimum atomic E-state index is -0.665. The zero-order valence-corrected chi connectivity index (χ0v) is 15.0. The summed E-state index contributed by atoms with van der Waals surface area (Å²) in [6, 6.07) is 19.0. The van der Waals surface area contributed by atoms with Gasteiger partial charge < -0.3 is 15.7 Å². The van der Waals surface area contributed by atoms with E-state index < -0.39 is 6.10 Å². The van der Waals surface area contributed by atoms with Gasteiger partial charge in [0, 0.05) is 18.2 Å². The fourth-order valence-corrected chi connectivity index (χ4v) is 2.60. The monoisotopic (exact) mass is 340 g/mol. The number of hydrogen-bond acceptors (Lipinski definition) is 3. The van der Waals surface area contributed by atoms with Gasteiger partial charge in [-0.15, -0.1) is 0 Å². The summed E-state index contributed by atoms with van der Waals surface area (Å²) in [7, 11) is 0. The molecule has 0 radical (unpaired) electrons. The molecule has 2 rings (SSSR count). The lowest BCUT2D eigenvalue weighted by Crippen LogP contribution is -2.49. The van der Waals surface area contributed by atoms with Gasteiger partial charge >= 0.3 is 0 Å². The molecule has 25 heavy (non-hydrogen) atoms. The molecule has 4 nitrogen and oxygen atoms in total. The predicted molar refractivity (Wildman–Crippen MR) is 102 cm³/mol. The van der Waals surface area contributed by atoms with Gasteiger partial charge in [0.1, 0.15) is 0 Å². The summed E-state index contributed by atoms with van der Waals surface area (Å²) in [6.07, 6.45) is 0.914. The summed E-state index contributed by atoms with van der Waals surface area (Å²) < 4.78 is 0. The summed E-state index contributed by atoms with van der Waals surface area (Å²) >= 11 is 0. The van der Waals surface area contributed by atoms with Crippen LogP contribution >= 0.6 is 0 Å². The predicted octanol–water partition coefficient (Wildman–Crippen LogP) is 2.78. The van der Waals surface area contributed by atoms with Crippen LogP contribution in [-0.2, 0) is 6.42 Å². The van der Waals surface area contributed by atoms with Crippen LogP contribution in [0, 0.1) is 0 Å². The van der Waals surface area contributed by atoms with E-state index in [2.05, 4.69) is 24.5 Å². The Hall–Kier alpha value is -2.17. The lowest BCUT2D eigenvalue weighted by Gasteiger charge is -2.26. The Bertz CT molecular complexity index is 631. The van der Waals surface area contributed by atoms with Gasteiger partial charge in [-0.1, -0.05) is 55.5 Å². The van der Waals surface area contributed by atoms with E-state index in [4.69, 9.17) is 0 Å². The van der Waals surface area contributed by atoms with E-state index >= 15 is 0 Å². The molecule has 0 saturated heterocycles. The van der Waals surface area contributed by atoms with Gasteiger partial charge in [-0.05, 0) is 37.5 Å². The van der Waals surface area contributed by atoms with Crippen LogP contribution in [-0.4, -0.2) is 35.7 Å². The van der Waals surface area contributed by atoms with Crippen LogP contribution in [0.25, 0.3) is 0 Å². The SMILES string of the molecule is CCC(C)NC[C@@H](O)[C@H](Cc1ccccc1)NC(=O)c1ccccc1. The summed E-state index contributed by atoms with van der Waals surface area (Å²) in [5.41, 5.74) is 1.69. The van der Waals surface area contributed by atoms with Crippen molar-refractivity contribution in [2.45, 2.75) is 44.9 Å². The molecule has 1 unspecified atom stereocenters. The Morgan fingerprint density at radius 3 is 2.24 bits per heavy atom. The van der Waals surface area contributed by atoms with Crippen molar-refractivity contribution in [1.82, 2.24) is 10.6 Å². The summed E-state index contributed by atoms with van der Waals surface area (Å²) in [5.74, 6) is -0.163. The first kappa shape index (κ1) is 19.2. The zero-order valence-electron chi connectivity index (χ0n) is 15.0. The average Bonchev–Trinajstić information content (AvgIpc) is 2.66. The van der Waals surface area contributed by atoms with Gasteiger partial charge in [-0.2, -0.15) is 0 Å². The molecule has 0 aromatic heterocycles. The minimum Gasteiger partial charge on any atom is -0.390 e. The third-order valence-corrected chi connectivity index (χ3v) is 4.40. The Labute approximate surface area is 150 Å². The van der Waals surface area contributed by atoms with Crippen molar-refractivity contribution in [1.29, 1.82) is 0 Å². The summed E-state index contributed by atoms with van der Waals surface area (Å²) in [6.45, 7) is 4.63. The van der Waals surface area contributed by atoms with Crippen molar-refractivity contribution in [3.8, 4) is 0 Å². The molecule has 4 heteroatoms. The first-order valence-corrected chi connectivity index (χ1v) is 8.91. The van der Waals surface area contributed by atoms with Crippen molar-refractivity contribution in [3.05, 3.63) is 71.8 Å². The van der Waals surface area contributed by atoms with Crippen LogP contribution in [0.3, 0.4) is 0 Å². The van der Waals surface area contributed by atoms with E-state index in [1.54, 1.807) is 12.1 Å². The smallest absolute Gasteiger partial charge is 0.251 e. The summed E-state index contributed by atoms with van der Waals surface area (Å²) in [5, 5.41) is 16.9. The lowest BCUT2D eigenvalue weighted by molar-refractivity contribution is 0.0825. The maximum Gasteiger partial charge on any atom is 0.251 e. The van der Waals surface area contributed by atoms with Crippen molar-refractivity contribution < 1.29 is 9.90 Å². The number of aliphatic hydroxyl groups excluding tert-OH is 1. The Morgan fingerprint density at radius 2 is 1.64 bits per heavy atom. The van der Waals surface area contributed by atoms with Crippen LogP contribution in [0.2, 0.25) is 0 Å². The molecule has 134 valence electrons. The number of nitrogens with one attached hydrogen (secondary N) is 2. The molecular weight excluding hydrogens is 312 g/mol. The Morgan fingerprint density at radius 1 is 1.04 bits per heavy atom. The number of rotatable bonds is 9. The van der Waals surface area contributed by atoms with E-state index in [1.807, 2.05) is 48.5 Å². The number of hydrogen-bond donors (Lipinski definition) is 3. The van der Waals surface area contributed by atoms with Crippen LogP contribution < -0.4 is 10.6 Å². The molecule has 0 fully saturated rings. The highest BCUT2D eigenvalue weighted by atomic mass is 16.3. The molecule has 0 bridgehead atoms. The second-order valence-electron chi connectivity index (χ2n) is 6.42. The molecule has 2 aromatic carbocycles. The first-order valence-electron chi connectivity index (χ1n) is 8.91. The van der Waals surface area contributed by atoms with Crippen molar-refractivity contribution in [2.24, 2.45) is 0 Å². The topological polar surface area (TPSA) is 61.4 Å². The van der Waals surface area contributed by atoms with Crippen LogP contribution in [0.1, 0.15) is 36.2 Å². The molecule has 0 spiro atoms. The van der Waals surface area contributed by atoms with E-state index in [-0.39, 0.29) is 11.9 Å². The highest BCUT2D eigenvalue weighted by Gasteiger charge is 2.22. The Balaban J connectivity index is 2.06. The molecular formula is C21H28N2O2. The fourth-order valence-electron chi connectivity index (χ4n) is 2.60. The van der Waals surface area contributed by atoms with Gasteiger partial charge in [-0.3, -0.25) is 4.79 Å². The zero-order chi connectivity index (χ0) is 18.1. The number of aliphatic hydroxyl groups is 1. The van der Waals surface area contributed by atoms with Gasteiger partial charge in [0.15, 0.2) is 0 Å². The van der Waals surface area contributed by atoms with Gasteiger partial charge in [-0.25, -0.2) is 0 Å². The normalized spacial score (nSPS) is 14.5. The van der Waals surface area contributed by atoms with Crippen molar-refractivity contribution >= 4 is 5.91 Å². The molecule has 3 atom stereocenters. The van der Waals surface area contributed by atoms with Gasteiger partial charge in [0.25, 0.3) is 5.91 Å². The number of benzene rings is 2. The Kier molecular flexibility index (Phi) is 7.64. The summed E-state index contributed by atoms with van der Waals surface area (Å²) in [4.78, 5) is 12.5. The average molecular weight is 340 g/mol. The standard InChI is InChI=1S/C21H28N2O2/c1-3-16(2)22-15-20(24)19(14-17-10-6-4-7-11-17)23-21(25)18-12-8-5-9-13-18/h4-13,16,19-20,22,24H,3,14-15H2,1-2H3,(H,23,25)/t16?,19-,20+/m0/s1. The lowest BCUT2D eigenvalue weighted by atomic mass is 10.00. The fraction of sp³-hybridized carbons (Fsp3) is 0.381. The highest BCUT2D eigenvalue weighted by Crippen LogP contribution is 2.08. The molecule has 0 heterocycles. The molecule has 2 aromatic rings.